The zero-order chi connectivity index (χ0) is 14.8. The molecule has 0 radical (unpaired) electrons. The molecule has 0 bridgehead atoms. The van der Waals surface area contributed by atoms with Crippen LogP contribution in [0.4, 0.5) is 14.5 Å². The van der Waals surface area contributed by atoms with Gasteiger partial charge in [0.15, 0.2) is 0 Å². The number of nitrogens with one attached hydrogen (secondary N) is 2. The van der Waals surface area contributed by atoms with E-state index in [9.17, 15) is 13.6 Å². The summed E-state index contributed by atoms with van der Waals surface area (Å²) in [5.41, 5.74) is 2.55. The number of fused-ring (bicyclic) bond motifs is 1. The fourth-order valence-corrected chi connectivity index (χ4v) is 2.41. The minimum absolute atomic E-state index is 0.157. The molecule has 0 spiro atoms. The summed E-state index contributed by atoms with van der Waals surface area (Å²) in [7, 11) is 0. The van der Waals surface area contributed by atoms with Gasteiger partial charge in [-0.25, -0.2) is 8.78 Å². The molecule has 3 nitrogen and oxygen atoms in total. The predicted octanol–water partition coefficient (Wildman–Crippen LogP) is 2.86. The first-order valence-electron chi connectivity index (χ1n) is 6.72. The fraction of sp³-hybridized carbons (Fsp3) is 0.188. The zero-order valence-corrected chi connectivity index (χ0v) is 11.2. The summed E-state index contributed by atoms with van der Waals surface area (Å²) < 4.78 is 26.6. The molecule has 2 aromatic rings. The van der Waals surface area contributed by atoms with Gasteiger partial charge in [0, 0.05) is 18.2 Å². The average Bonchev–Trinajstić information content (AvgIpc) is 2.50. The van der Waals surface area contributed by atoms with Gasteiger partial charge in [-0.3, -0.25) is 4.79 Å². The van der Waals surface area contributed by atoms with Crippen molar-refractivity contribution in [3.05, 3.63) is 64.7 Å². The molecule has 0 aromatic heterocycles. The third-order valence-electron chi connectivity index (χ3n) is 3.53. The van der Waals surface area contributed by atoms with E-state index in [1.165, 1.54) is 5.56 Å². The maximum Gasteiger partial charge on any atom is 0.255 e. The van der Waals surface area contributed by atoms with Gasteiger partial charge in [0.05, 0.1) is 5.69 Å². The lowest BCUT2D eigenvalue weighted by Crippen LogP contribution is -2.24. The third kappa shape index (κ3) is 2.92. The second-order valence-corrected chi connectivity index (χ2v) is 4.99. The Morgan fingerprint density at radius 3 is 2.81 bits per heavy atom. The van der Waals surface area contributed by atoms with E-state index in [-0.39, 0.29) is 5.69 Å². The van der Waals surface area contributed by atoms with E-state index >= 15 is 0 Å². The van der Waals surface area contributed by atoms with Crippen LogP contribution in [0.25, 0.3) is 0 Å². The summed E-state index contributed by atoms with van der Waals surface area (Å²) >= 11 is 0. The standard InChI is InChI=1S/C16H14F2N2O/c17-13-3-4-14(18)15(8-13)20-16(21)11-2-1-10-5-6-19-9-12(10)7-11/h1-4,7-8,19H,5-6,9H2,(H,20,21). The lowest BCUT2D eigenvalue weighted by atomic mass is 9.98. The van der Waals surface area contributed by atoms with Crippen LogP contribution >= 0.6 is 0 Å². The number of anilines is 1. The maximum absolute atomic E-state index is 13.5. The SMILES string of the molecule is O=C(Nc1cc(F)ccc1F)c1ccc2c(c1)CNCC2. The van der Waals surface area contributed by atoms with Crippen molar-refractivity contribution in [1.82, 2.24) is 5.32 Å². The van der Waals surface area contributed by atoms with E-state index in [2.05, 4.69) is 10.6 Å². The Morgan fingerprint density at radius 1 is 1.10 bits per heavy atom. The van der Waals surface area contributed by atoms with Crippen LogP contribution in [0, 0.1) is 11.6 Å². The van der Waals surface area contributed by atoms with Crippen molar-refractivity contribution in [1.29, 1.82) is 0 Å². The summed E-state index contributed by atoms with van der Waals surface area (Å²) in [4.78, 5) is 12.1. The molecule has 0 saturated carbocycles. The monoisotopic (exact) mass is 288 g/mol. The van der Waals surface area contributed by atoms with Gasteiger partial charge in [-0.15, -0.1) is 0 Å². The van der Waals surface area contributed by atoms with Crippen molar-refractivity contribution in [2.24, 2.45) is 0 Å². The van der Waals surface area contributed by atoms with Crippen molar-refractivity contribution >= 4 is 11.6 Å². The molecule has 1 aliphatic heterocycles. The number of carbonyl (C=O) groups excluding carboxylic acids is 1. The summed E-state index contributed by atoms with van der Waals surface area (Å²) in [5, 5.41) is 5.63. The average molecular weight is 288 g/mol. The largest absolute Gasteiger partial charge is 0.319 e. The Labute approximate surface area is 121 Å². The number of hydrogen-bond donors (Lipinski definition) is 2. The number of halogens is 2. The highest BCUT2D eigenvalue weighted by molar-refractivity contribution is 6.04. The van der Waals surface area contributed by atoms with E-state index in [1.54, 1.807) is 12.1 Å². The summed E-state index contributed by atoms with van der Waals surface area (Å²) in [6, 6.07) is 8.36. The van der Waals surface area contributed by atoms with Gasteiger partial charge in [-0.1, -0.05) is 6.07 Å². The normalized spacial score (nSPS) is 13.6. The molecule has 2 N–H and O–H groups in total. The Kier molecular flexibility index (Phi) is 3.66. The molecule has 2 aromatic carbocycles. The molecule has 1 heterocycles. The second-order valence-electron chi connectivity index (χ2n) is 4.99. The summed E-state index contributed by atoms with van der Waals surface area (Å²) in [5.74, 6) is -1.71. The highest BCUT2D eigenvalue weighted by Crippen LogP contribution is 2.19. The molecule has 0 unspecified atom stereocenters. The van der Waals surface area contributed by atoms with E-state index < -0.39 is 17.5 Å². The first kappa shape index (κ1) is 13.7. The van der Waals surface area contributed by atoms with Crippen molar-refractivity contribution in [3.8, 4) is 0 Å². The molecule has 5 heteroatoms. The van der Waals surface area contributed by atoms with Gasteiger partial charge in [-0.05, 0) is 48.4 Å². The molecule has 3 rings (SSSR count). The predicted molar refractivity (Wildman–Crippen MR) is 76.2 cm³/mol. The lowest BCUT2D eigenvalue weighted by molar-refractivity contribution is 0.102. The van der Waals surface area contributed by atoms with Crippen molar-refractivity contribution in [3.63, 3.8) is 0 Å². The lowest BCUT2D eigenvalue weighted by Gasteiger charge is -2.17. The third-order valence-corrected chi connectivity index (χ3v) is 3.53. The molecule has 0 aliphatic carbocycles. The second kappa shape index (κ2) is 5.61. The van der Waals surface area contributed by atoms with Gasteiger partial charge >= 0.3 is 0 Å². The molecule has 0 atom stereocenters. The number of amides is 1. The number of benzene rings is 2. The Hall–Kier alpha value is -2.27. The number of carbonyl (C=O) groups is 1. The first-order valence-corrected chi connectivity index (χ1v) is 6.72. The van der Waals surface area contributed by atoms with Gasteiger partial charge < -0.3 is 10.6 Å². The maximum atomic E-state index is 13.5. The molecule has 0 fully saturated rings. The van der Waals surface area contributed by atoms with Crippen LogP contribution in [-0.4, -0.2) is 12.5 Å². The Bertz CT molecular complexity index is 701. The van der Waals surface area contributed by atoms with Gasteiger partial charge in [0.1, 0.15) is 11.6 Å². The molecular formula is C16H14F2N2O. The van der Waals surface area contributed by atoms with Crippen LogP contribution in [0.2, 0.25) is 0 Å². The molecule has 108 valence electrons. The Balaban J connectivity index is 1.83. The minimum atomic E-state index is -0.663. The van der Waals surface area contributed by atoms with Crippen molar-refractivity contribution in [2.75, 3.05) is 11.9 Å². The highest BCUT2D eigenvalue weighted by atomic mass is 19.1. The summed E-state index contributed by atoms with van der Waals surface area (Å²) in [6.45, 7) is 1.64. The van der Waals surface area contributed by atoms with E-state index in [0.717, 1.165) is 36.7 Å². The first-order chi connectivity index (χ1) is 10.1. The van der Waals surface area contributed by atoms with Crippen LogP contribution in [0.15, 0.2) is 36.4 Å². The highest BCUT2D eigenvalue weighted by Gasteiger charge is 2.14. The van der Waals surface area contributed by atoms with Gasteiger partial charge in [0.2, 0.25) is 0 Å². The smallest absolute Gasteiger partial charge is 0.255 e. The molecule has 21 heavy (non-hydrogen) atoms. The van der Waals surface area contributed by atoms with Crippen LogP contribution in [-0.2, 0) is 13.0 Å². The van der Waals surface area contributed by atoms with Gasteiger partial charge in [-0.2, -0.15) is 0 Å². The van der Waals surface area contributed by atoms with Crippen LogP contribution in [0.5, 0.6) is 0 Å². The zero-order valence-electron chi connectivity index (χ0n) is 11.2. The Morgan fingerprint density at radius 2 is 1.95 bits per heavy atom. The van der Waals surface area contributed by atoms with Crippen molar-refractivity contribution < 1.29 is 13.6 Å². The molecule has 1 aliphatic rings. The van der Waals surface area contributed by atoms with Crippen LogP contribution in [0.3, 0.4) is 0 Å². The summed E-state index contributed by atoms with van der Waals surface area (Å²) in [6.07, 6.45) is 0.926. The van der Waals surface area contributed by atoms with E-state index in [4.69, 9.17) is 0 Å². The molecule has 1 amide bonds. The van der Waals surface area contributed by atoms with Crippen molar-refractivity contribution in [2.45, 2.75) is 13.0 Å². The number of hydrogen-bond acceptors (Lipinski definition) is 2. The van der Waals surface area contributed by atoms with Gasteiger partial charge in [0.25, 0.3) is 5.91 Å². The molecule has 0 saturated heterocycles. The van der Waals surface area contributed by atoms with E-state index in [0.29, 0.717) is 12.1 Å². The molecular weight excluding hydrogens is 274 g/mol. The quantitative estimate of drug-likeness (QED) is 0.892. The fourth-order valence-electron chi connectivity index (χ4n) is 2.41. The minimum Gasteiger partial charge on any atom is -0.319 e. The van der Waals surface area contributed by atoms with E-state index in [1.807, 2.05) is 6.07 Å². The number of rotatable bonds is 2. The topological polar surface area (TPSA) is 41.1 Å². The van der Waals surface area contributed by atoms with Crippen LogP contribution in [0.1, 0.15) is 21.5 Å². The van der Waals surface area contributed by atoms with Crippen LogP contribution < -0.4 is 10.6 Å².